The van der Waals surface area contributed by atoms with Crippen LogP contribution in [-0.4, -0.2) is 36.7 Å². The van der Waals surface area contributed by atoms with Crippen LogP contribution < -0.4 is 5.32 Å². The first kappa shape index (κ1) is 11.2. The summed E-state index contributed by atoms with van der Waals surface area (Å²) in [7, 11) is -2.97. The molecular weight excluding hydrogens is 242 g/mol. The second-order valence-electron chi connectivity index (χ2n) is 4.73. The molecule has 0 radical (unpaired) electrons. The van der Waals surface area contributed by atoms with E-state index in [-0.39, 0.29) is 17.5 Å². The Kier molecular flexibility index (Phi) is 2.67. The summed E-state index contributed by atoms with van der Waals surface area (Å²) in [6.07, 6.45) is 3.40. The van der Waals surface area contributed by atoms with Gasteiger partial charge in [0.1, 0.15) is 6.04 Å². The highest BCUT2D eigenvalue weighted by atomic mass is 32.2. The van der Waals surface area contributed by atoms with Crippen LogP contribution in [0.5, 0.6) is 0 Å². The Balaban J connectivity index is 1.77. The second kappa shape index (κ2) is 4.06. The number of nitrogens with one attached hydrogen (secondary N) is 1. The number of rotatable bonds is 2. The van der Waals surface area contributed by atoms with E-state index >= 15 is 0 Å². The van der Waals surface area contributed by atoms with E-state index in [4.69, 9.17) is 4.42 Å². The van der Waals surface area contributed by atoms with Crippen LogP contribution in [0.25, 0.3) is 0 Å². The number of sulfone groups is 1. The van der Waals surface area contributed by atoms with E-state index in [1.807, 2.05) is 0 Å². The Bertz CT molecular complexity index is 507. The molecule has 0 aromatic carbocycles. The molecule has 6 nitrogen and oxygen atoms in total. The standard InChI is InChI=1S/C10H15N3O3S/c14-17(15)5-4-11-8(6-17)10-13-12-9(16-10)7-2-1-3-7/h7-8,11H,1-6H2. The van der Waals surface area contributed by atoms with Crippen LogP contribution in [-0.2, 0) is 9.84 Å². The molecule has 2 aliphatic rings. The van der Waals surface area contributed by atoms with E-state index in [1.165, 1.54) is 6.42 Å². The van der Waals surface area contributed by atoms with Gasteiger partial charge < -0.3 is 9.73 Å². The Hall–Kier alpha value is -0.950. The van der Waals surface area contributed by atoms with Gasteiger partial charge in [0.2, 0.25) is 11.8 Å². The summed E-state index contributed by atoms with van der Waals surface area (Å²) in [5.74, 6) is 1.70. The molecular formula is C10H15N3O3S. The van der Waals surface area contributed by atoms with Crippen LogP contribution in [0.15, 0.2) is 4.42 Å². The predicted molar refractivity (Wildman–Crippen MR) is 60.3 cm³/mol. The molecule has 7 heteroatoms. The van der Waals surface area contributed by atoms with Crippen LogP contribution in [0.2, 0.25) is 0 Å². The van der Waals surface area contributed by atoms with Crippen LogP contribution in [0, 0.1) is 0 Å². The maximum absolute atomic E-state index is 11.5. The lowest BCUT2D eigenvalue weighted by Crippen LogP contribution is -2.39. The minimum absolute atomic E-state index is 0.0549. The van der Waals surface area contributed by atoms with E-state index in [0.29, 0.717) is 24.2 Å². The van der Waals surface area contributed by atoms with E-state index in [1.54, 1.807) is 0 Å². The van der Waals surface area contributed by atoms with E-state index in [2.05, 4.69) is 15.5 Å². The third-order valence-corrected chi connectivity index (χ3v) is 5.10. The number of nitrogens with zero attached hydrogens (tertiary/aromatic N) is 2. The fourth-order valence-corrected chi connectivity index (χ4v) is 3.51. The molecule has 0 bridgehead atoms. The van der Waals surface area contributed by atoms with Crippen molar-refractivity contribution in [2.45, 2.75) is 31.2 Å². The van der Waals surface area contributed by atoms with Crippen LogP contribution >= 0.6 is 0 Å². The molecule has 0 amide bonds. The Morgan fingerprint density at radius 2 is 2.00 bits per heavy atom. The zero-order valence-corrected chi connectivity index (χ0v) is 10.2. The second-order valence-corrected chi connectivity index (χ2v) is 6.96. The fraction of sp³-hybridized carbons (Fsp3) is 0.800. The molecule has 1 N–H and O–H groups in total. The quantitative estimate of drug-likeness (QED) is 0.825. The van der Waals surface area contributed by atoms with Gasteiger partial charge in [0.25, 0.3) is 0 Å². The number of hydrogen-bond donors (Lipinski definition) is 1. The van der Waals surface area contributed by atoms with Crippen LogP contribution in [0.1, 0.15) is 43.0 Å². The molecule has 2 fully saturated rings. The number of aromatic nitrogens is 2. The molecule has 2 heterocycles. The third-order valence-electron chi connectivity index (χ3n) is 3.43. The molecule has 1 aliphatic heterocycles. The summed E-state index contributed by atoms with van der Waals surface area (Å²) in [6, 6.07) is -0.338. The van der Waals surface area contributed by atoms with Gasteiger partial charge in [0, 0.05) is 12.5 Å². The normalized spacial score (nSPS) is 28.8. The maximum Gasteiger partial charge on any atom is 0.234 e. The molecule has 1 saturated heterocycles. The molecule has 3 rings (SSSR count). The Morgan fingerprint density at radius 1 is 1.24 bits per heavy atom. The van der Waals surface area contributed by atoms with Crippen molar-refractivity contribution in [3.05, 3.63) is 11.8 Å². The largest absolute Gasteiger partial charge is 0.423 e. The van der Waals surface area contributed by atoms with Crippen molar-refractivity contribution in [3.63, 3.8) is 0 Å². The lowest BCUT2D eigenvalue weighted by atomic mass is 9.85. The van der Waals surface area contributed by atoms with Crippen molar-refractivity contribution in [3.8, 4) is 0 Å². The van der Waals surface area contributed by atoms with Gasteiger partial charge in [-0.05, 0) is 12.8 Å². The lowest BCUT2D eigenvalue weighted by molar-refractivity contribution is 0.312. The summed E-state index contributed by atoms with van der Waals surface area (Å²) >= 11 is 0. The summed E-state index contributed by atoms with van der Waals surface area (Å²) in [5.41, 5.74) is 0. The fourth-order valence-electron chi connectivity index (χ4n) is 2.15. The minimum atomic E-state index is -2.97. The zero-order chi connectivity index (χ0) is 11.9. The average Bonchev–Trinajstić information content (AvgIpc) is 2.62. The van der Waals surface area contributed by atoms with Gasteiger partial charge in [0.05, 0.1) is 11.5 Å². The summed E-state index contributed by atoms with van der Waals surface area (Å²) in [4.78, 5) is 0. The summed E-state index contributed by atoms with van der Waals surface area (Å²) in [5, 5.41) is 11.1. The van der Waals surface area contributed by atoms with E-state index in [9.17, 15) is 8.42 Å². The van der Waals surface area contributed by atoms with Crippen LogP contribution in [0.3, 0.4) is 0 Å². The summed E-state index contributed by atoms with van der Waals surface area (Å²) < 4.78 is 28.6. The highest BCUT2D eigenvalue weighted by Gasteiger charge is 2.31. The first-order valence-electron chi connectivity index (χ1n) is 5.91. The van der Waals surface area contributed by atoms with Gasteiger partial charge in [-0.3, -0.25) is 0 Å². The SMILES string of the molecule is O=S1(=O)CCNC(c2nnc(C3CCC3)o2)C1. The van der Waals surface area contributed by atoms with Gasteiger partial charge in [-0.1, -0.05) is 6.42 Å². The van der Waals surface area contributed by atoms with Gasteiger partial charge in [-0.25, -0.2) is 8.42 Å². The molecule has 17 heavy (non-hydrogen) atoms. The number of hydrogen-bond acceptors (Lipinski definition) is 6. The zero-order valence-electron chi connectivity index (χ0n) is 9.42. The van der Waals surface area contributed by atoms with Gasteiger partial charge >= 0.3 is 0 Å². The molecule has 1 aromatic rings. The topological polar surface area (TPSA) is 85.1 Å². The van der Waals surface area contributed by atoms with Crippen molar-refractivity contribution in [2.75, 3.05) is 18.1 Å². The Morgan fingerprint density at radius 3 is 2.65 bits per heavy atom. The maximum atomic E-state index is 11.5. The predicted octanol–water partition coefficient (Wildman–Crippen LogP) is 0.396. The van der Waals surface area contributed by atoms with Gasteiger partial charge in [-0.2, -0.15) is 0 Å². The third kappa shape index (κ3) is 2.21. The molecule has 94 valence electrons. The minimum Gasteiger partial charge on any atom is -0.423 e. The molecule has 1 aromatic heterocycles. The first-order valence-corrected chi connectivity index (χ1v) is 7.73. The molecule has 0 spiro atoms. The summed E-state index contributed by atoms with van der Waals surface area (Å²) in [6.45, 7) is 0.453. The molecule has 1 unspecified atom stereocenters. The monoisotopic (exact) mass is 257 g/mol. The van der Waals surface area contributed by atoms with Gasteiger partial charge in [-0.15, -0.1) is 10.2 Å². The van der Waals surface area contributed by atoms with Gasteiger partial charge in [0.15, 0.2) is 9.84 Å². The van der Waals surface area contributed by atoms with Crippen molar-refractivity contribution in [1.82, 2.24) is 15.5 Å². The van der Waals surface area contributed by atoms with Crippen LogP contribution in [0.4, 0.5) is 0 Å². The average molecular weight is 257 g/mol. The molecule has 1 saturated carbocycles. The van der Waals surface area contributed by atoms with Crippen molar-refractivity contribution in [2.24, 2.45) is 0 Å². The first-order chi connectivity index (χ1) is 8.14. The van der Waals surface area contributed by atoms with E-state index in [0.717, 1.165) is 12.8 Å². The van der Waals surface area contributed by atoms with Crippen molar-refractivity contribution < 1.29 is 12.8 Å². The van der Waals surface area contributed by atoms with Crippen molar-refractivity contribution in [1.29, 1.82) is 0 Å². The highest BCUT2D eigenvalue weighted by Crippen LogP contribution is 2.36. The lowest BCUT2D eigenvalue weighted by Gasteiger charge is -2.22. The molecule has 1 atom stereocenters. The van der Waals surface area contributed by atoms with Crippen molar-refractivity contribution >= 4 is 9.84 Å². The smallest absolute Gasteiger partial charge is 0.234 e. The van der Waals surface area contributed by atoms with E-state index < -0.39 is 9.84 Å². The molecule has 1 aliphatic carbocycles. The highest BCUT2D eigenvalue weighted by molar-refractivity contribution is 7.91. The Labute approximate surface area is 99.7 Å².